The molecule has 0 aromatic carbocycles. The van der Waals surface area contributed by atoms with E-state index in [0.717, 1.165) is 5.69 Å². The second-order valence-electron chi connectivity index (χ2n) is 4.88. The number of hydrogen-bond donors (Lipinski definition) is 2. The van der Waals surface area contributed by atoms with Gasteiger partial charge in [0, 0.05) is 25.5 Å². The number of carbonyl (C=O) groups is 1. The Labute approximate surface area is 96.0 Å². The first-order chi connectivity index (χ1) is 7.44. The van der Waals surface area contributed by atoms with E-state index < -0.39 is 0 Å². The summed E-state index contributed by atoms with van der Waals surface area (Å²) in [4.78, 5) is 13.6. The van der Waals surface area contributed by atoms with Gasteiger partial charge in [0.1, 0.15) is 0 Å². The van der Waals surface area contributed by atoms with E-state index >= 15 is 0 Å². The minimum atomic E-state index is -0.0433. The highest BCUT2D eigenvalue weighted by Crippen LogP contribution is 2.14. The van der Waals surface area contributed by atoms with Crippen LogP contribution >= 0.6 is 0 Å². The molecule has 0 aliphatic heterocycles. The van der Waals surface area contributed by atoms with Gasteiger partial charge in [0.15, 0.2) is 0 Å². The lowest BCUT2D eigenvalue weighted by Crippen LogP contribution is -2.40. The largest absolute Gasteiger partial charge is 0.345 e. The van der Waals surface area contributed by atoms with Crippen molar-refractivity contribution in [1.82, 2.24) is 15.1 Å². The first-order valence-electron chi connectivity index (χ1n) is 5.37. The summed E-state index contributed by atoms with van der Waals surface area (Å²) in [6.45, 7) is 5.32. The molecule has 0 aliphatic carbocycles. The second-order valence-corrected chi connectivity index (χ2v) is 4.88. The Hall–Kier alpha value is -1.36. The van der Waals surface area contributed by atoms with Gasteiger partial charge >= 0.3 is 0 Å². The molecule has 1 rings (SSSR count). The van der Waals surface area contributed by atoms with Crippen molar-refractivity contribution in [2.24, 2.45) is 11.1 Å². The van der Waals surface area contributed by atoms with Crippen molar-refractivity contribution in [1.29, 1.82) is 0 Å². The number of nitrogens with zero attached hydrogens (tertiary/aromatic N) is 2. The van der Waals surface area contributed by atoms with Gasteiger partial charge in [0.25, 0.3) is 0 Å². The Morgan fingerprint density at radius 2 is 2.31 bits per heavy atom. The molecule has 5 heteroatoms. The van der Waals surface area contributed by atoms with Gasteiger partial charge in [-0.2, -0.15) is 5.10 Å². The number of likely N-dealkylation sites (N-methyl/N-ethyl adjacent to an activating group) is 1. The predicted molar refractivity (Wildman–Crippen MR) is 62.8 cm³/mol. The van der Waals surface area contributed by atoms with Crippen molar-refractivity contribution in [2.75, 3.05) is 20.1 Å². The van der Waals surface area contributed by atoms with Gasteiger partial charge in [-0.3, -0.25) is 9.89 Å². The Bertz CT molecular complexity index is 332. The molecule has 0 saturated heterocycles. The van der Waals surface area contributed by atoms with Crippen LogP contribution in [0.15, 0.2) is 12.3 Å². The molecule has 0 aliphatic rings. The van der Waals surface area contributed by atoms with Crippen molar-refractivity contribution < 1.29 is 4.79 Å². The van der Waals surface area contributed by atoms with Crippen molar-refractivity contribution in [3.8, 4) is 0 Å². The molecule has 0 fully saturated rings. The molecule has 5 nitrogen and oxygen atoms in total. The summed E-state index contributed by atoms with van der Waals surface area (Å²) < 4.78 is 0. The number of aromatic nitrogens is 2. The number of rotatable bonds is 5. The zero-order valence-electron chi connectivity index (χ0n) is 10.2. The lowest BCUT2D eigenvalue weighted by atomic mass is 9.93. The van der Waals surface area contributed by atoms with Gasteiger partial charge in [0.2, 0.25) is 5.91 Å². The summed E-state index contributed by atoms with van der Waals surface area (Å²) in [6, 6.07) is 1.81. The lowest BCUT2D eigenvalue weighted by molar-refractivity contribution is -0.130. The quantitative estimate of drug-likeness (QED) is 0.760. The van der Waals surface area contributed by atoms with E-state index in [4.69, 9.17) is 5.73 Å². The normalized spacial score (nSPS) is 11.5. The van der Waals surface area contributed by atoms with Gasteiger partial charge in [-0.1, -0.05) is 13.8 Å². The van der Waals surface area contributed by atoms with Gasteiger partial charge in [-0.05, 0) is 18.0 Å². The molecule has 1 heterocycles. The molecule has 0 radical (unpaired) electrons. The third kappa shape index (κ3) is 3.66. The molecule has 1 amide bonds. The number of nitrogens with two attached hydrogens (primary N) is 1. The van der Waals surface area contributed by atoms with E-state index in [1.165, 1.54) is 0 Å². The predicted octanol–water partition coefficient (Wildman–Crippen LogP) is 0.395. The molecule has 0 unspecified atom stereocenters. The topological polar surface area (TPSA) is 75.0 Å². The molecule has 1 aromatic heterocycles. The fraction of sp³-hybridized carbons (Fsp3) is 0.636. The van der Waals surface area contributed by atoms with Gasteiger partial charge < -0.3 is 10.6 Å². The zero-order chi connectivity index (χ0) is 12.2. The number of hydrogen-bond acceptors (Lipinski definition) is 3. The molecule has 3 N–H and O–H groups in total. The molecule has 0 spiro atoms. The number of amides is 1. The Morgan fingerprint density at radius 3 is 2.81 bits per heavy atom. The minimum Gasteiger partial charge on any atom is -0.345 e. The molecule has 90 valence electrons. The number of aromatic amines is 1. The number of nitrogens with one attached hydrogen (secondary N) is 1. The highest BCUT2D eigenvalue weighted by molar-refractivity contribution is 5.78. The maximum Gasteiger partial charge on any atom is 0.228 e. The Morgan fingerprint density at radius 1 is 1.62 bits per heavy atom. The third-order valence-corrected chi connectivity index (χ3v) is 2.54. The monoisotopic (exact) mass is 224 g/mol. The lowest BCUT2D eigenvalue weighted by Gasteiger charge is -2.28. The van der Waals surface area contributed by atoms with Gasteiger partial charge in [-0.15, -0.1) is 0 Å². The van der Waals surface area contributed by atoms with Crippen molar-refractivity contribution in [2.45, 2.75) is 20.3 Å². The maximum absolute atomic E-state index is 11.8. The van der Waals surface area contributed by atoms with Crippen LogP contribution < -0.4 is 5.73 Å². The number of H-pyrrole nitrogens is 1. The standard InChI is InChI=1S/C11H20N4O/c1-11(2,7-12)8-15(3)10(16)6-9-4-5-13-14-9/h4-5H,6-8,12H2,1-3H3,(H,13,14). The number of carbonyl (C=O) groups excluding carboxylic acids is 1. The zero-order valence-corrected chi connectivity index (χ0v) is 10.2. The SMILES string of the molecule is CN(CC(C)(C)CN)C(=O)Cc1ccn[nH]1. The van der Waals surface area contributed by atoms with E-state index in [1.54, 1.807) is 24.2 Å². The Balaban J connectivity index is 2.48. The van der Waals surface area contributed by atoms with Crippen LogP contribution in [0, 0.1) is 5.41 Å². The van der Waals surface area contributed by atoms with E-state index in [1.807, 2.05) is 13.8 Å². The molecule has 1 aromatic rings. The van der Waals surface area contributed by atoms with Gasteiger partial charge in [0.05, 0.1) is 6.42 Å². The van der Waals surface area contributed by atoms with E-state index in [2.05, 4.69) is 10.2 Å². The fourth-order valence-corrected chi connectivity index (χ4v) is 1.48. The first-order valence-corrected chi connectivity index (χ1v) is 5.37. The van der Waals surface area contributed by atoms with Crippen LogP contribution in [0.1, 0.15) is 19.5 Å². The van der Waals surface area contributed by atoms with Crippen LogP contribution in [0.25, 0.3) is 0 Å². The Kier molecular flexibility index (Phi) is 4.06. The van der Waals surface area contributed by atoms with Crippen molar-refractivity contribution in [3.63, 3.8) is 0 Å². The minimum absolute atomic E-state index is 0.0433. The van der Waals surface area contributed by atoms with Crippen LogP contribution in [0.4, 0.5) is 0 Å². The smallest absolute Gasteiger partial charge is 0.228 e. The average molecular weight is 224 g/mol. The summed E-state index contributed by atoms with van der Waals surface area (Å²) in [5.74, 6) is 0.0748. The summed E-state index contributed by atoms with van der Waals surface area (Å²) >= 11 is 0. The van der Waals surface area contributed by atoms with Crippen molar-refractivity contribution >= 4 is 5.91 Å². The van der Waals surface area contributed by atoms with E-state index in [9.17, 15) is 4.79 Å². The molecular weight excluding hydrogens is 204 g/mol. The van der Waals surface area contributed by atoms with Crippen LogP contribution in [0.2, 0.25) is 0 Å². The van der Waals surface area contributed by atoms with E-state index in [-0.39, 0.29) is 11.3 Å². The van der Waals surface area contributed by atoms with Crippen LogP contribution in [0.5, 0.6) is 0 Å². The molecule has 0 bridgehead atoms. The van der Waals surface area contributed by atoms with Gasteiger partial charge in [-0.25, -0.2) is 0 Å². The highest BCUT2D eigenvalue weighted by Gasteiger charge is 2.21. The first kappa shape index (κ1) is 12.7. The van der Waals surface area contributed by atoms with Crippen molar-refractivity contribution in [3.05, 3.63) is 18.0 Å². The average Bonchev–Trinajstić information content (AvgIpc) is 2.69. The summed E-state index contributed by atoms with van der Waals surface area (Å²) in [5.41, 5.74) is 6.43. The fourth-order valence-electron chi connectivity index (χ4n) is 1.48. The molecule has 0 atom stereocenters. The summed E-state index contributed by atoms with van der Waals surface area (Å²) in [5, 5.41) is 6.59. The third-order valence-electron chi connectivity index (χ3n) is 2.54. The highest BCUT2D eigenvalue weighted by atomic mass is 16.2. The molecular formula is C11H20N4O. The molecule has 16 heavy (non-hydrogen) atoms. The van der Waals surface area contributed by atoms with Crippen LogP contribution in [-0.2, 0) is 11.2 Å². The maximum atomic E-state index is 11.8. The summed E-state index contributed by atoms with van der Waals surface area (Å²) in [7, 11) is 1.80. The van der Waals surface area contributed by atoms with E-state index in [0.29, 0.717) is 19.5 Å². The summed E-state index contributed by atoms with van der Waals surface area (Å²) in [6.07, 6.45) is 2.00. The second kappa shape index (κ2) is 5.12. The molecule has 0 saturated carbocycles. The van der Waals surface area contributed by atoms with Crippen LogP contribution in [-0.4, -0.2) is 41.1 Å². The van der Waals surface area contributed by atoms with Crippen LogP contribution in [0.3, 0.4) is 0 Å².